The first-order valence-electron chi connectivity index (χ1n) is 6.15. The second-order valence-electron chi connectivity index (χ2n) is 4.59. The summed E-state index contributed by atoms with van der Waals surface area (Å²) in [7, 11) is -3.36. The van der Waals surface area contributed by atoms with E-state index in [4.69, 9.17) is 5.11 Å². The molecule has 1 rings (SSSR count). The Kier molecular flexibility index (Phi) is 5.39. The van der Waals surface area contributed by atoms with Gasteiger partial charge in [-0.1, -0.05) is 19.8 Å². The van der Waals surface area contributed by atoms with E-state index in [1.165, 1.54) is 4.31 Å². The van der Waals surface area contributed by atoms with Gasteiger partial charge in [0.05, 0.1) is 12.2 Å². The molecule has 17 heavy (non-hydrogen) atoms. The number of carboxylic acid groups (broad SMARTS) is 1. The second-order valence-corrected chi connectivity index (χ2v) is 6.68. The van der Waals surface area contributed by atoms with Crippen molar-refractivity contribution in [3.05, 3.63) is 0 Å². The van der Waals surface area contributed by atoms with Gasteiger partial charge in [-0.25, -0.2) is 12.7 Å². The number of nitrogens with zero attached hydrogens (tertiary/aromatic N) is 1. The van der Waals surface area contributed by atoms with Crippen LogP contribution in [0.3, 0.4) is 0 Å². The Morgan fingerprint density at radius 1 is 1.35 bits per heavy atom. The molecule has 0 aromatic rings. The molecule has 1 aliphatic heterocycles. The first kappa shape index (κ1) is 14.4. The first-order valence-corrected chi connectivity index (χ1v) is 7.76. The van der Waals surface area contributed by atoms with Crippen LogP contribution in [0.2, 0.25) is 0 Å². The van der Waals surface area contributed by atoms with Crippen molar-refractivity contribution in [1.82, 2.24) is 4.31 Å². The number of hydrogen-bond acceptors (Lipinski definition) is 3. The molecule has 0 spiro atoms. The third-order valence-corrected chi connectivity index (χ3v) is 5.11. The third-order valence-electron chi connectivity index (χ3n) is 3.24. The van der Waals surface area contributed by atoms with Gasteiger partial charge in [0.15, 0.2) is 0 Å². The molecule has 6 heteroatoms. The molecule has 0 aromatic heterocycles. The smallest absolute Gasteiger partial charge is 0.304 e. The lowest BCUT2D eigenvalue weighted by atomic mass is 9.94. The molecule has 0 radical (unpaired) electrons. The predicted octanol–water partition coefficient (Wildman–Crippen LogP) is 1.30. The Hall–Kier alpha value is -0.620. The summed E-state index contributed by atoms with van der Waals surface area (Å²) in [5, 5.41) is 8.50. The average Bonchev–Trinajstić information content (AvgIpc) is 2.28. The van der Waals surface area contributed by atoms with Gasteiger partial charge in [0.25, 0.3) is 0 Å². The summed E-state index contributed by atoms with van der Waals surface area (Å²) in [6, 6.07) is 0. The van der Waals surface area contributed by atoms with E-state index >= 15 is 0 Å². The topological polar surface area (TPSA) is 74.7 Å². The summed E-state index contributed by atoms with van der Waals surface area (Å²) in [5.74, 6) is -0.707. The minimum Gasteiger partial charge on any atom is -0.481 e. The number of hydrogen-bond donors (Lipinski definition) is 1. The van der Waals surface area contributed by atoms with E-state index in [0.29, 0.717) is 19.0 Å². The molecule has 0 bridgehead atoms. The summed E-state index contributed by atoms with van der Waals surface area (Å²) in [6.07, 6.45) is 3.79. The molecule has 0 saturated carbocycles. The molecular formula is C11H21NO4S. The van der Waals surface area contributed by atoms with Crippen molar-refractivity contribution in [2.24, 2.45) is 5.92 Å². The van der Waals surface area contributed by atoms with Crippen LogP contribution in [-0.4, -0.2) is 42.6 Å². The van der Waals surface area contributed by atoms with Crippen LogP contribution in [0.5, 0.6) is 0 Å². The van der Waals surface area contributed by atoms with E-state index in [1.807, 2.05) is 0 Å². The highest BCUT2D eigenvalue weighted by Crippen LogP contribution is 2.23. The molecule has 1 fully saturated rings. The zero-order valence-electron chi connectivity index (χ0n) is 10.3. The Bertz CT molecular complexity index is 344. The lowest BCUT2D eigenvalue weighted by Gasteiger charge is -2.30. The van der Waals surface area contributed by atoms with Crippen LogP contribution in [-0.2, 0) is 14.8 Å². The molecule has 0 aliphatic carbocycles. The van der Waals surface area contributed by atoms with Gasteiger partial charge >= 0.3 is 5.97 Å². The van der Waals surface area contributed by atoms with Crippen molar-refractivity contribution in [3.63, 3.8) is 0 Å². The van der Waals surface area contributed by atoms with E-state index in [2.05, 4.69) is 6.92 Å². The summed E-state index contributed by atoms with van der Waals surface area (Å²) in [4.78, 5) is 10.4. The maximum Gasteiger partial charge on any atom is 0.304 e. The number of piperidine rings is 1. The van der Waals surface area contributed by atoms with Gasteiger partial charge in [0.1, 0.15) is 0 Å². The van der Waals surface area contributed by atoms with Gasteiger partial charge in [-0.05, 0) is 18.8 Å². The fourth-order valence-corrected chi connectivity index (χ4v) is 3.69. The van der Waals surface area contributed by atoms with Crippen LogP contribution in [0.25, 0.3) is 0 Å². The van der Waals surface area contributed by atoms with Gasteiger partial charge in [-0.15, -0.1) is 0 Å². The van der Waals surface area contributed by atoms with E-state index in [1.54, 1.807) is 0 Å². The molecule has 0 atom stereocenters. The third kappa shape index (κ3) is 4.63. The molecule has 1 N–H and O–H groups in total. The lowest BCUT2D eigenvalue weighted by molar-refractivity contribution is -0.136. The van der Waals surface area contributed by atoms with Crippen molar-refractivity contribution < 1.29 is 18.3 Å². The fourth-order valence-electron chi connectivity index (χ4n) is 2.23. The number of carboxylic acids is 1. The highest BCUT2D eigenvalue weighted by atomic mass is 32.2. The van der Waals surface area contributed by atoms with Crippen molar-refractivity contribution in [2.45, 2.75) is 39.0 Å². The molecule has 0 unspecified atom stereocenters. The van der Waals surface area contributed by atoms with Gasteiger partial charge in [0.2, 0.25) is 10.0 Å². The fraction of sp³-hybridized carbons (Fsp3) is 0.909. The first-order chi connectivity index (χ1) is 7.95. The molecule has 0 aromatic carbocycles. The van der Waals surface area contributed by atoms with Crippen molar-refractivity contribution in [1.29, 1.82) is 0 Å². The Morgan fingerprint density at radius 3 is 2.41 bits per heavy atom. The highest BCUT2D eigenvalue weighted by molar-refractivity contribution is 7.89. The van der Waals surface area contributed by atoms with Crippen LogP contribution < -0.4 is 0 Å². The number of carbonyl (C=O) groups is 1. The molecular weight excluding hydrogens is 242 g/mol. The maximum absolute atomic E-state index is 11.8. The molecule has 1 aliphatic rings. The maximum atomic E-state index is 11.8. The summed E-state index contributed by atoms with van der Waals surface area (Å²) < 4.78 is 25.1. The van der Waals surface area contributed by atoms with E-state index in [9.17, 15) is 13.2 Å². The van der Waals surface area contributed by atoms with Crippen LogP contribution in [0.15, 0.2) is 0 Å². The minimum atomic E-state index is -3.36. The van der Waals surface area contributed by atoms with Crippen molar-refractivity contribution in [3.8, 4) is 0 Å². The number of rotatable bonds is 6. The van der Waals surface area contributed by atoms with E-state index in [0.717, 1.165) is 25.7 Å². The van der Waals surface area contributed by atoms with E-state index < -0.39 is 16.0 Å². The monoisotopic (exact) mass is 263 g/mol. The molecule has 1 heterocycles. The molecule has 0 amide bonds. The van der Waals surface area contributed by atoms with Crippen molar-refractivity contribution in [2.75, 3.05) is 18.8 Å². The highest BCUT2D eigenvalue weighted by Gasteiger charge is 2.27. The molecule has 5 nitrogen and oxygen atoms in total. The predicted molar refractivity (Wildman–Crippen MR) is 65.2 cm³/mol. The second kappa shape index (κ2) is 6.35. The Labute approximate surface area is 103 Å². The normalized spacial score (nSPS) is 19.4. The van der Waals surface area contributed by atoms with Crippen molar-refractivity contribution >= 4 is 16.0 Å². The van der Waals surface area contributed by atoms with E-state index in [-0.39, 0.29) is 12.2 Å². The van der Waals surface area contributed by atoms with Gasteiger partial charge in [-0.3, -0.25) is 4.79 Å². The summed E-state index contributed by atoms with van der Waals surface area (Å²) in [5.41, 5.74) is 0. The van der Waals surface area contributed by atoms with Crippen LogP contribution in [0.4, 0.5) is 0 Å². The zero-order valence-corrected chi connectivity index (χ0v) is 11.1. The van der Waals surface area contributed by atoms with Crippen LogP contribution >= 0.6 is 0 Å². The quantitative estimate of drug-likeness (QED) is 0.784. The molecule has 100 valence electrons. The number of aliphatic carboxylic acids is 1. The zero-order chi connectivity index (χ0) is 12.9. The average molecular weight is 263 g/mol. The summed E-state index contributed by atoms with van der Waals surface area (Å²) in [6.45, 7) is 3.23. The van der Waals surface area contributed by atoms with Gasteiger partial charge < -0.3 is 5.11 Å². The molecule has 1 saturated heterocycles. The SMILES string of the molecule is CCCC1CCN(S(=O)(=O)CCC(=O)O)CC1. The van der Waals surface area contributed by atoms with Gasteiger partial charge in [0, 0.05) is 13.1 Å². The lowest BCUT2D eigenvalue weighted by Crippen LogP contribution is -2.40. The number of sulfonamides is 1. The Balaban J connectivity index is 2.44. The van der Waals surface area contributed by atoms with Gasteiger partial charge in [-0.2, -0.15) is 0 Å². The largest absolute Gasteiger partial charge is 0.481 e. The van der Waals surface area contributed by atoms with Crippen LogP contribution in [0, 0.1) is 5.92 Å². The Morgan fingerprint density at radius 2 is 1.94 bits per heavy atom. The van der Waals surface area contributed by atoms with Crippen LogP contribution in [0.1, 0.15) is 39.0 Å². The standard InChI is InChI=1S/C11H21NO4S/c1-2-3-10-4-7-12(8-5-10)17(15,16)9-6-11(13)14/h10H,2-9H2,1H3,(H,13,14). The minimum absolute atomic E-state index is 0.277. The summed E-state index contributed by atoms with van der Waals surface area (Å²) >= 11 is 0.